The standard InChI is InChI=1S/C25H23NO5/c1-17-13-23(26(28)29)21-11-6-12-22(21)25(17)31-20-10-5-9-19(14-20)24(27)16-30-15-18-7-3-2-4-8-18/h2-5,7-10,13-14H,6,11-12,15-16H2,1H3. The van der Waals surface area contributed by atoms with E-state index in [0.717, 1.165) is 35.1 Å². The highest BCUT2D eigenvalue weighted by atomic mass is 16.6. The van der Waals surface area contributed by atoms with Gasteiger partial charge in [0, 0.05) is 22.8 Å². The van der Waals surface area contributed by atoms with Gasteiger partial charge in [-0.2, -0.15) is 0 Å². The number of benzene rings is 3. The summed E-state index contributed by atoms with van der Waals surface area (Å²) < 4.78 is 11.7. The summed E-state index contributed by atoms with van der Waals surface area (Å²) in [5.74, 6) is 1.05. The number of nitro benzene ring substituents is 1. The molecule has 0 amide bonds. The van der Waals surface area contributed by atoms with Gasteiger partial charge in [0.2, 0.25) is 0 Å². The first-order valence-corrected chi connectivity index (χ1v) is 10.3. The van der Waals surface area contributed by atoms with Gasteiger partial charge in [-0.15, -0.1) is 0 Å². The Morgan fingerprint density at radius 2 is 1.81 bits per heavy atom. The Morgan fingerprint density at radius 3 is 2.58 bits per heavy atom. The summed E-state index contributed by atoms with van der Waals surface area (Å²) in [6.07, 6.45) is 2.30. The van der Waals surface area contributed by atoms with Crippen molar-refractivity contribution in [3.05, 3.63) is 98.6 Å². The van der Waals surface area contributed by atoms with Gasteiger partial charge in [0.1, 0.15) is 18.1 Å². The van der Waals surface area contributed by atoms with Crippen LogP contribution in [0.2, 0.25) is 0 Å². The van der Waals surface area contributed by atoms with Crippen LogP contribution in [0.25, 0.3) is 0 Å². The Balaban J connectivity index is 1.49. The van der Waals surface area contributed by atoms with E-state index in [2.05, 4.69) is 0 Å². The fourth-order valence-corrected chi connectivity index (χ4v) is 3.95. The Labute approximate surface area is 180 Å². The average Bonchev–Trinajstić information content (AvgIpc) is 3.26. The molecule has 0 N–H and O–H groups in total. The number of nitro groups is 1. The smallest absolute Gasteiger partial charge is 0.273 e. The van der Waals surface area contributed by atoms with E-state index < -0.39 is 0 Å². The second-order valence-corrected chi connectivity index (χ2v) is 7.64. The lowest BCUT2D eigenvalue weighted by Gasteiger charge is -2.14. The average molecular weight is 417 g/mol. The molecule has 0 bridgehead atoms. The lowest BCUT2D eigenvalue weighted by Crippen LogP contribution is -2.09. The molecule has 31 heavy (non-hydrogen) atoms. The number of nitrogens with zero attached hydrogens (tertiary/aromatic N) is 1. The maximum absolute atomic E-state index is 12.6. The maximum Gasteiger partial charge on any atom is 0.273 e. The molecular weight excluding hydrogens is 394 g/mol. The SMILES string of the molecule is Cc1cc([N+](=O)[O-])c2c(c1Oc1cccc(C(=O)COCc3ccccc3)c1)CCC2. The van der Waals surface area contributed by atoms with Crippen molar-refractivity contribution in [2.75, 3.05) is 6.61 Å². The zero-order chi connectivity index (χ0) is 21.8. The highest BCUT2D eigenvalue weighted by molar-refractivity contribution is 5.97. The summed E-state index contributed by atoms with van der Waals surface area (Å²) in [5.41, 5.74) is 4.05. The molecule has 0 spiro atoms. The zero-order valence-electron chi connectivity index (χ0n) is 17.3. The van der Waals surface area contributed by atoms with Crippen molar-refractivity contribution in [2.45, 2.75) is 32.8 Å². The highest BCUT2D eigenvalue weighted by Crippen LogP contribution is 2.41. The molecule has 0 unspecified atom stereocenters. The molecule has 1 aliphatic carbocycles. The van der Waals surface area contributed by atoms with Gasteiger partial charge in [-0.3, -0.25) is 14.9 Å². The molecule has 1 aliphatic rings. The minimum absolute atomic E-state index is 0.0235. The topological polar surface area (TPSA) is 78.7 Å². The molecule has 6 nitrogen and oxygen atoms in total. The second-order valence-electron chi connectivity index (χ2n) is 7.64. The first-order chi connectivity index (χ1) is 15.0. The van der Waals surface area contributed by atoms with E-state index >= 15 is 0 Å². The number of rotatable bonds is 8. The minimum Gasteiger partial charge on any atom is -0.457 e. The summed E-state index contributed by atoms with van der Waals surface area (Å²) >= 11 is 0. The number of aryl methyl sites for hydroxylation is 1. The van der Waals surface area contributed by atoms with Crippen LogP contribution in [0, 0.1) is 17.0 Å². The van der Waals surface area contributed by atoms with Crippen molar-refractivity contribution in [3.63, 3.8) is 0 Å². The van der Waals surface area contributed by atoms with E-state index in [1.165, 1.54) is 0 Å². The fourth-order valence-electron chi connectivity index (χ4n) is 3.95. The lowest BCUT2D eigenvalue weighted by molar-refractivity contribution is -0.385. The summed E-state index contributed by atoms with van der Waals surface area (Å²) in [6, 6.07) is 18.2. The normalized spacial score (nSPS) is 12.4. The molecule has 0 atom stereocenters. The number of hydrogen-bond acceptors (Lipinski definition) is 5. The number of carbonyl (C=O) groups is 1. The van der Waals surface area contributed by atoms with E-state index in [-0.39, 0.29) is 23.0 Å². The molecule has 6 heteroatoms. The molecule has 0 fully saturated rings. The maximum atomic E-state index is 12.6. The van der Waals surface area contributed by atoms with Crippen LogP contribution in [-0.2, 0) is 24.2 Å². The van der Waals surface area contributed by atoms with Crippen LogP contribution >= 0.6 is 0 Å². The van der Waals surface area contributed by atoms with Gasteiger partial charge in [-0.1, -0.05) is 42.5 Å². The number of fused-ring (bicyclic) bond motifs is 1. The van der Waals surface area contributed by atoms with Crippen LogP contribution in [0.5, 0.6) is 11.5 Å². The molecule has 158 valence electrons. The molecule has 0 heterocycles. The summed E-state index contributed by atoms with van der Waals surface area (Å²) in [4.78, 5) is 23.6. The Morgan fingerprint density at radius 1 is 1.03 bits per heavy atom. The Hall–Kier alpha value is -3.51. The predicted octanol–water partition coefficient (Wildman–Crippen LogP) is 5.58. The Bertz CT molecular complexity index is 1120. The molecule has 0 radical (unpaired) electrons. The lowest BCUT2D eigenvalue weighted by atomic mass is 10.0. The highest BCUT2D eigenvalue weighted by Gasteiger charge is 2.27. The predicted molar refractivity (Wildman–Crippen MR) is 117 cm³/mol. The van der Waals surface area contributed by atoms with Gasteiger partial charge < -0.3 is 9.47 Å². The van der Waals surface area contributed by atoms with Gasteiger partial charge >= 0.3 is 0 Å². The molecule has 0 aliphatic heterocycles. The van der Waals surface area contributed by atoms with Crippen molar-refractivity contribution < 1.29 is 19.2 Å². The summed E-state index contributed by atoms with van der Waals surface area (Å²) in [7, 11) is 0. The van der Waals surface area contributed by atoms with Gasteiger partial charge in [0.15, 0.2) is 5.78 Å². The Kier molecular flexibility index (Phi) is 6.09. The van der Waals surface area contributed by atoms with E-state index in [0.29, 0.717) is 30.1 Å². The van der Waals surface area contributed by atoms with Gasteiger partial charge in [-0.05, 0) is 49.4 Å². The monoisotopic (exact) mass is 417 g/mol. The van der Waals surface area contributed by atoms with Crippen LogP contribution in [-0.4, -0.2) is 17.3 Å². The molecule has 0 aromatic heterocycles. The molecule has 0 saturated carbocycles. The van der Waals surface area contributed by atoms with E-state index in [1.54, 1.807) is 30.3 Å². The van der Waals surface area contributed by atoms with E-state index in [1.807, 2.05) is 37.3 Å². The van der Waals surface area contributed by atoms with Gasteiger partial charge in [-0.25, -0.2) is 0 Å². The third-order valence-corrected chi connectivity index (χ3v) is 5.43. The number of ether oxygens (including phenoxy) is 2. The molecule has 4 rings (SSSR count). The second kappa shape index (κ2) is 9.10. The number of carbonyl (C=O) groups excluding carboxylic acids is 1. The summed E-state index contributed by atoms with van der Waals surface area (Å²) in [6.45, 7) is 2.16. The third kappa shape index (κ3) is 4.64. The molecule has 3 aromatic carbocycles. The first-order valence-electron chi connectivity index (χ1n) is 10.3. The van der Waals surface area contributed by atoms with Crippen molar-refractivity contribution in [3.8, 4) is 11.5 Å². The minimum atomic E-state index is -0.324. The van der Waals surface area contributed by atoms with E-state index in [9.17, 15) is 14.9 Å². The van der Waals surface area contributed by atoms with E-state index in [4.69, 9.17) is 9.47 Å². The van der Waals surface area contributed by atoms with Crippen molar-refractivity contribution in [1.29, 1.82) is 0 Å². The summed E-state index contributed by atoms with van der Waals surface area (Å²) in [5, 5.41) is 11.4. The van der Waals surface area contributed by atoms with Gasteiger partial charge in [0.25, 0.3) is 5.69 Å². The fraction of sp³-hybridized carbons (Fsp3) is 0.240. The zero-order valence-corrected chi connectivity index (χ0v) is 17.3. The van der Waals surface area contributed by atoms with Crippen molar-refractivity contribution >= 4 is 11.5 Å². The largest absolute Gasteiger partial charge is 0.457 e. The molecular formula is C25H23NO5. The number of hydrogen-bond donors (Lipinski definition) is 0. The quantitative estimate of drug-likeness (QED) is 0.271. The van der Waals surface area contributed by atoms with Gasteiger partial charge in [0.05, 0.1) is 11.5 Å². The van der Waals surface area contributed by atoms with Crippen LogP contribution in [0.1, 0.15) is 39.0 Å². The third-order valence-electron chi connectivity index (χ3n) is 5.43. The van der Waals surface area contributed by atoms with Crippen LogP contribution < -0.4 is 4.74 Å². The first kappa shape index (κ1) is 20.8. The van der Waals surface area contributed by atoms with Crippen LogP contribution in [0.3, 0.4) is 0 Å². The number of Topliss-reactive ketones (excluding diaryl/α,β-unsaturated/α-hetero) is 1. The van der Waals surface area contributed by atoms with Crippen LogP contribution in [0.15, 0.2) is 60.7 Å². The van der Waals surface area contributed by atoms with Crippen LogP contribution in [0.4, 0.5) is 5.69 Å². The van der Waals surface area contributed by atoms with Crippen molar-refractivity contribution in [1.82, 2.24) is 0 Å². The number of ketones is 1. The van der Waals surface area contributed by atoms with Crippen molar-refractivity contribution in [2.24, 2.45) is 0 Å². The molecule has 0 saturated heterocycles. The molecule has 3 aromatic rings.